The van der Waals surface area contributed by atoms with Crippen molar-refractivity contribution in [2.24, 2.45) is 7.05 Å². The standard InChI is InChI=1S/C20H16N2/c1-22-19-14-17(15-8-4-2-5-9-15)12-13-18(19)20(21-22)16-10-6-3-7-11-16/h2-14H,1H3. The Morgan fingerprint density at radius 3 is 2.00 bits per heavy atom. The molecule has 0 aliphatic carbocycles. The number of benzene rings is 3. The van der Waals surface area contributed by atoms with Gasteiger partial charge in [0.2, 0.25) is 0 Å². The molecule has 0 saturated carbocycles. The van der Waals surface area contributed by atoms with Gasteiger partial charge in [-0.25, -0.2) is 0 Å². The molecule has 4 rings (SSSR count). The second kappa shape index (κ2) is 5.15. The first-order valence-electron chi connectivity index (χ1n) is 7.40. The quantitative estimate of drug-likeness (QED) is 0.511. The molecule has 0 saturated heterocycles. The molecule has 2 heteroatoms. The van der Waals surface area contributed by atoms with Crippen LogP contribution in [0.4, 0.5) is 0 Å². The van der Waals surface area contributed by atoms with Gasteiger partial charge in [-0.05, 0) is 23.3 Å². The van der Waals surface area contributed by atoms with Crippen molar-refractivity contribution in [1.82, 2.24) is 9.78 Å². The summed E-state index contributed by atoms with van der Waals surface area (Å²) in [5.74, 6) is 0. The number of hydrogen-bond donors (Lipinski definition) is 0. The number of rotatable bonds is 2. The summed E-state index contributed by atoms with van der Waals surface area (Å²) >= 11 is 0. The van der Waals surface area contributed by atoms with Gasteiger partial charge in [-0.3, -0.25) is 4.68 Å². The maximum absolute atomic E-state index is 4.71. The Morgan fingerprint density at radius 1 is 0.682 bits per heavy atom. The third-order valence-corrected chi connectivity index (χ3v) is 4.01. The minimum absolute atomic E-state index is 1.04. The van der Waals surface area contributed by atoms with Crippen molar-refractivity contribution in [2.45, 2.75) is 0 Å². The van der Waals surface area contributed by atoms with Gasteiger partial charge in [0.1, 0.15) is 5.69 Å². The topological polar surface area (TPSA) is 17.8 Å². The normalized spacial score (nSPS) is 11.0. The molecule has 0 atom stereocenters. The van der Waals surface area contributed by atoms with Crippen LogP contribution < -0.4 is 0 Å². The predicted octanol–water partition coefficient (Wildman–Crippen LogP) is 4.91. The molecule has 1 heterocycles. The van der Waals surface area contributed by atoms with Crippen molar-refractivity contribution >= 4 is 10.9 Å². The van der Waals surface area contributed by atoms with Crippen molar-refractivity contribution in [3.05, 3.63) is 78.9 Å². The molecular formula is C20H16N2. The number of nitrogens with zero attached hydrogens (tertiary/aromatic N) is 2. The van der Waals surface area contributed by atoms with E-state index >= 15 is 0 Å². The smallest absolute Gasteiger partial charge is 0.100 e. The lowest BCUT2D eigenvalue weighted by molar-refractivity contribution is 0.800. The van der Waals surface area contributed by atoms with E-state index in [0.29, 0.717) is 0 Å². The summed E-state index contributed by atoms with van der Waals surface area (Å²) in [7, 11) is 2.00. The van der Waals surface area contributed by atoms with Crippen molar-refractivity contribution in [2.75, 3.05) is 0 Å². The highest BCUT2D eigenvalue weighted by Crippen LogP contribution is 2.30. The Morgan fingerprint density at radius 2 is 1.32 bits per heavy atom. The van der Waals surface area contributed by atoms with E-state index in [2.05, 4.69) is 54.6 Å². The highest BCUT2D eigenvalue weighted by molar-refractivity contribution is 5.95. The monoisotopic (exact) mass is 284 g/mol. The van der Waals surface area contributed by atoms with E-state index in [4.69, 9.17) is 5.10 Å². The van der Waals surface area contributed by atoms with Crippen LogP contribution in [0.5, 0.6) is 0 Å². The van der Waals surface area contributed by atoms with Crippen LogP contribution in [0.1, 0.15) is 0 Å². The Labute approximate surface area is 129 Å². The zero-order chi connectivity index (χ0) is 14.9. The summed E-state index contributed by atoms with van der Waals surface area (Å²) in [6.45, 7) is 0. The van der Waals surface area contributed by atoms with Gasteiger partial charge in [-0.2, -0.15) is 5.10 Å². The molecular weight excluding hydrogens is 268 g/mol. The first-order valence-corrected chi connectivity index (χ1v) is 7.40. The fourth-order valence-electron chi connectivity index (χ4n) is 2.88. The number of aryl methyl sites for hydroxylation is 1. The second-order valence-electron chi connectivity index (χ2n) is 5.44. The average Bonchev–Trinajstić information content (AvgIpc) is 2.93. The van der Waals surface area contributed by atoms with Crippen LogP contribution in [0.15, 0.2) is 78.9 Å². The highest BCUT2D eigenvalue weighted by atomic mass is 15.3. The molecule has 0 fully saturated rings. The zero-order valence-corrected chi connectivity index (χ0v) is 12.4. The molecule has 0 bridgehead atoms. The summed E-state index contributed by atoms with van der Waals surface area (Å²) < 4.78 is 1.96. The van der Waals surface area contributed by atoms with Crippen LogP contribution >= 0.6 is 0 Å². The van der Waals surface area contributed by atoms with Gasteiger partial charge < -0.3 is 0 Å². The Hall–Kier alpha value is -2.87. The van der Waals surface area contributed by atoms with E-state index in [9.17, 15) is 0 Å². The van der Waals surface area contributed by atoms with Gasteiger partial charge in [0, 0.05) is 18.0 Å². The molecule has 3 aromatic carbocycles. The molecule has 0 N–H and O–H groups in total. The number of hydrogen-bond acceptors (Lipinski definition) is 1. The molecule has 1 aromatic heterocycles. The first-order chi connectivity index (χ1) is 10.8. The summed E-state index contributed by atoms with van der Waals surface area (Å²) in [6.07, 6.45) is 0. The molecule has 4 aromatic rings. The van der Waals surface area contributed by atoms with Crippen molar-refractivity contribution in [1.29, 1.82) is 0 Å². The van der Waals surface area contributed by atoms with Crippen molar-refractivity contribution in [3.63, 3.8) is 0 Å². The second-order valence-corrected chi connectivity index (χ2v) is 5.44. The molecule has 0 unspecified atom stereocenters. The summed E-state index contributed by atoms with van der Waals surface area (Å²) in [5.41, 5.74) is 5.79. The summed E-state index contributed by atoms with van der Waals surface area (Å²) in [6, 6.07) is 27.3. The van der Waals surface area contributed by atoms with Crippen molar-refractivity contribution in [3.8, 4) is 22.4 Å². The third kappa shape index (κ3) is 2.09. The van der Waals surface area contributed by atoms with Gasteiger partial charge in [0.05, 0.1) is 5.52 Å². The lowest BCUT2D eigenvalue weighted by atomic mass is 10.0. The molecule has 0 aliphatic heterocycles. The van der Waals surface area contributed by atoms with Gasteiger partial charge in [-0.15, -0.1) is 0 Å². The molecule has 0 aliphatic rings. The minimum Gasteiger partial charge on any atom is -0.267 e. The van der Waals surface area contributed by atoms with E-state index < -0.39 is 0 Å². The SMILES string of the molecule is Cn1nc(-c2ccccc2)c2ccc(-c3ccccc3)cc21. The van der Waals surface area contributed by atoms with E-state index in [0.717, 1.165) is 16.8 Å². The Kier molecular flexibility index (Phi) is 3.01. The summed E-state index contributed by atoms with van der Waals surface area (Å²) in [5, 5.41) is 5.90. The largest absolute Gasteiger partial charge is 0.267 e. The Bertz CT molecular complexity index is 922. The maximum Gasteiger partial charge on any atom is 0.100 e. The van der Waals surface area contributed by atoms with Crippen LogP contribution in [-0.2, 0) is 7.05 Å². The zero-order valence-electron chi connectivity index (χ0n) is 12.4. The van der Waals surface area contributed by atoms with E-state index in [1.165, 1.54) is 16.5 Å². The van der Waals surface area contributed by atoms with Crippen LogP contribution in [0.3, 0.4) is 0 Å². The fourth-order valence-corrected chi connectivity index (χ4v) is 2.88. The molecule has 106 valence electrons. The van der Waals surface area contributed by atoms with Crippen LogP contribution in [0.25, 0.3) is 33.3 Å². The summed E-state index contributed by atoms with van der Waals surface area (Å²) in [4.78, 5) is 0. The van der Waals surface area contributed by atoms with E-state index in [-0.39, 0.29) is 0 Å². The molecule has 2 nitrogen and oxygen atoms in total. The first kappa shape index (κ1) is 12.8. The van der Waals surface area contributed by atoms with E-state index in [1.54, 1.807) is 0 Å². The van der Waals surface area contributed by atoms with Crippen LogP contribution in [0, 0.1) is 0 Å². The molecule has 0 radical (unpaired) electrons. The van der Waals surface area contributed by atoms with Gasteiger partial charge >= 0.3 is 0 Å². The number of aromatic nitrogens is 2. The number of fused-ring (bicyclic) bond motifs is 1. The predicted molar refractivity (Wildman–Crippen MR) is 91.6 cm³/mol. The fraction of sp³-hybridized carbons (Fsp3) is 0.0500. The van der Waals surface area contributed by atoms with Gasteiger partial charge in [0.25, 0.3) is 0 Å². The molecule has 0 amide bonds. The average molecular weight is 284 g/mol. The van der Waals surface area contributed by atoms with Crippen LogP contribution in [-0.4, -0.2) is 9.78 Å². The van der Waals surface area contributed by atoms with E-state index in [1.807, 2.05) is 36.0 Å². The Balaban J connectivity index is 1.91. The minimum atomic E-state index is 1.04. The van der Waals surface area contributed by atoms with Crippen LogP contribution in [0.2, 0.25) is 0 Å². The lowest BCUT2D eigenvalue weighted by Gasteiger charge is -2.03. The highest BCUT2D eigenvalue weighted by Gasteiger charge is 2.11. The maximum atomic E-state index is 4.71. The van der Waals surface area contributed by atoms with Gasteiger partial charge in [0.15, 0.2) is 0 Å². The van der Waals surface area contributed by atoms with Crippen molar-refractivity contribution < 1.29 is 0 Å². The van der Waals surface area contributed by atoms with Gasteiger partial charge in [-0.1, -0.05) is 66.7 Å². The third-order valence-electron chi connectivity index (χ3n) is 4.01. The molecule has 22 heavy (non-hydrogen) atoms. The lowest BCUT2D eigenvalue weighted by Crippen LogP contribution is -1.90. The molecule has 0 spiro atoms.